The minimum atomic E-state index is -0.168. The number of carbonyl (C=O) groups excluding carboxylic acids is 1. The summed E-state index contributed by atoms with van der Waals surface area (Å²) in [5, 5.41) is 5.00. The van der Waals surface area contributed by atoms with Gasteiger partial charge in [0.2, 0.25) is 5.91 Å². The first kappa shape index (κ1) is 22.6. The number of likely N-dealkylation sites (tertiary alicyclic amines) is 1. The maximum absolute atomic E-state index is 12.9. The van der Waals surface area contributed by atoms with Gasteiger partial charge in [0.1, 0.15) is 0 Å². The predicted molar refractivity (Wildman–Crippen MR) is 136 cm³/mol. The Hall–Kier alpha value is -2.19. The van der Waals surface area contributed by atoms with Crippen molar-refractivity contribution in [1.82, 2.24) is 9.88 Å². The maximum Gasteiger partial charge on any atom is 0.241 e. The molecule has 5 rings (SSSR count). The molecular weight excluding hydrogens is 456 g/mol. The number of piperidine rings is 1. The van der Waals surface area contributed by atoms with Crippen molar-refractivity contribution in [2.75, 3.05) is 49.6 Å². The van der Waals surface area contributed by atoms with Gasteiger partial charge < -0.3 is 15.0 Å². The molecule has 6 nitrogen and oxygen atoms in total. The molecule has 1 unspecified atom stereocenters. The molecule has 0 aliphatic carbocycles. The first-order chi connectivity index (χ1) is 16.1. The van der Waals surface area contributed by atoms with Crippen molar-refractivity contribution in [1.29, 1.82) is 0 Å². The van der Waals surface area contributed by atoms with Crippen LogP contribution in [0, 0.1) is 0 Å². The highest BCUT2D eigenvalue weighted by molar-refractivity contribution is 7.18. The summed E-state index contributed by atoms with van der Waals surface area (Å²) in [6, 6.07) is 13.9. The van der Waals surface area contributed by atoms with Crippen LogP contribution in [0.15, 0.2) is 42.5 Å². The normalized spacial score (nSPS) is 19.0. The molecule has 3 heterocycles. The molecule has 0 radical (unpaired) electrons. The van der Waals surface area contributed by atoms with E-state index in [1.807, 2.05) is 37.3 Å². The third kappa shape index (κ3) is 5.17. The number of rotatable bonds is 5. The number of nitrogens with one attached hydrogen (secondary N) is 1. The number of nitrogens with zero attached hydrogens (tertiary/aromatic N) is 3. The van der Waals surface area contributed by atoms with E-state index in [0.717, 1.165) is 68.5 Å². The van der Waals surface area contributed by atoms with Crippen LogP contribution < -0.4 is 10.2 Å². The topological polar surface area (TPSA) is 57.7 Å². The summed E-state index contributed by atoms with van der Waals surface area (Å²) in [5.74, 6) is 0.489. The SMILES string of the molecule is CC(C(=O)Nc1ccc(N2CCOCC2)cc1)N1CCC(c2nc3cc(Cl)ccc3s2)CC1. The molecule has 2 aliphatic heterocycles. The first-order valence-corrected chi connectivity index (χ1v) is 12.8. The zero-order valence-corrected chi connectivity index (χ0v) is 20.4. The fraction of sp³-hybridized carbons (Fsp3) is 0.440. The van der Waals surface area contributed by atoms with E-state index in [-0.39, 0.29) is 11.9 Å². The second-order valence-corrected chi connectivity index (χ2v) is 10.3. The van der Waals surface area contributed by atoms with Crippen LogP contribution in [0.2, 0.25) is 5.02 Å². The minimum absolute atomic E-state index is 0.0437. The van der Waals surface area contributed by atoms with Gasteiger partial charge in [-0.05, 0) is 75.3 Å². The molecule has 8 heteroatoms. The van der Waals surface area contributed by atoms with Gasteiger partial charge in [0.25, 0.3) is 0 Å². The molecule has 2 saturated heterocycles. The van der Waals surface area contributed by atoms with Crippen molar-refractivity contribution >= 4 is 50.4 Å². The van der Waals surface area contributed by atoms with Crippen LogP contribution in [0.1, 0.15) is 30.7 Å². The highest BCUT2D eigenvalue weighted by atomic mass is 35.5. The van der Waals surface area contributed by atoms with Crippen LogP contribution in [-0.2, 0) is 9.53 Å². The Kier molecular flexibility index (Phi) is 6.83. The molecular formula is C25H29ClN4O2S. The molecule has 2 aliphatic rings. The van der Waals surface area contributed by atoms with Crippen LogP contribution in [0.25, 0.3) is 10.2 Å². The zero-order chi connectivity index (χ0) is 22.8. The standard InChI is InChI=1S/C25H29ClN4O2S/c1-17(24(31)27-20-3-5-21(6-4-20)30-12-14-32-15-13-30)29-10-8-18(9-11-29)25-28-22-16-19(26)2-7-23(22)33-25/h2-7,16-18H,8-15H2,1H3,(H,27,31). The Labute approximate surface area is 203 Å². The summed E-state index contributed by atoms with van der Waals surface area (Å²) in [5.41, 5.74) is 2.99. The lowest BCUT2D eigenvalue weighted by atomic mass is 9.96. The quantitative estimate of drug-likeness (QED) is 0.552. The summed E-state index contributed by atoms with van der Waals surface area (Å²) < 4.78 is 6.60. The maximum atomic E-state index is 12.9. The number of fused-ring (bicyclic) bond motifs is 1. The number of thiazole rings is 1. The van der Waals surface area contributed by atoms with E-state index in [0.29, 0.717) is 5.92 Å². The molecule has 0 bridgehead atoms. The van der Waals surface area contributed by atoms with Crippen molar-refractivity contribution in [3.05, 3.63) is 52.5 Å². The molecule has 3 aromatic rings. The Morgan fingerprint density at radius 2 is 1.85 bits per heavy atom. The van der Waals surface area contributed by atoms with E-state index in [4.69, 9.17) is 21.3 Å². The number of carbonyl (C=O) groups is 1. The summed E-state index contributed by atoms with van der Waals surface area (Å²) in [4.78, 5) is 22.3. The molecule has 1 N–H and O–H groups in total. The van der Waals surface area contributed by atoms with Gasteiger partial charge in [-0.25, -0.2) is 4.98 Å². The van der Waals surface area contributed by atoms with Gasteiger partial charge in [0.15, 0.2) is 0 Å². The Morgan fingerprint density at radius 3 is 2.58 bits per heavy atom. The molecule has 2 aromatic carbocycles. The number of ether oxygens (including phenoxy) is 1. The predicted octanol–water partition coefficient (Wildman–Crippen LogP) is 4.99. The second-order valence-electron chi connectivity index (χ2n) is 8.79. The van der Waals surface area contributed by atoms with Crippen molar-refractivity contribution in [2.45, 2.75) is 31.7 Å². The summed E-state index contributed by atoms with van der Waals surface area (Å²) in [6.07, 6.45) is 2.03. The van der Waals surface area contributed by atoms with Crippen molar-refractivity contribution in [2.24, 2.45) is 0 Å². The van der Waals surface area contributed by atoms with Crippen LogP contribution in [0.3, 0.4) is 0 Å². The fourth-order valence-corrected chi connectivity index (χ4v) is 5.90. The average molecular weight is 485 g/mol. The third-order valence-corrected chi connectivity index (χ3v) is 8.12. The molecule has 1 amide bonds. The smallest absolute Gasteiger partial charge is 0.241 e. The minimum Gasteiger partial charge on any atom is -0.378 e. The molecule has 33 heavy (non-hydrogen) atoms. The summed E-state index contributed by atoms with van der Waals surface area (Å²) in [7, 11) is 0. The average Bonchev–Trinajstić information content (AvgIpc) is 3.28. The number of hydrogen-bond acceptors (Lipinski definition) is 6. The highest BCUT2D eigenvalue weighted by Crippen LogP contribution is 2.35. The molecule has 2 fully saturated rings. The number of amides is 1. The van der Waals surface area contributed by atoms with Crippen molar-refractivity contribution < 1.29 is 9.53 Å². The zero-order valence-electron chi connectivity index (χ0n) is 18.8. The van der Waals surface area contributed by atoms with Gasteiger partial charge in [0.05, 0.1) is 34.5 Å². The molecule has 0 spiro atoms. The third-order valence-electron chi connectivity index (χ3n) is 6.68. The molecule has 1 aromatic heterocycles. The number of anilines is 2. The monoisotopic (exact) mass is 484 g/mol. The van der Waals surface area contributed by atoms with Crippen molar-refractivity contribution in [3.63, 3.8) is 0 Å². The number of halogens is 1. The van der Waals surface area contributed by atoms with E-state index < -0.39 is 0 Å². The number of hydrogen-bond donors (Lipinski definition) is 1. The van der Waals surface area contributed by atoms with Gasteiger partial charge in [-0.2, -0.15) is 0 Å². The van der Waals surface area contributed by atoms with E-state index in [1.54, 1.807) is 11.3 Å². The Morgan fingerprint density at radius 1 is 1.12 bits per heavy atom. The fourth-order valence-electron chi connectivity index (χ4n) is 4.62. The summed E-state index contributed by atoms with van der Waals surface area (Å²) in [6.45, 7) is 7.13. The van der Waals surface area contributed by atoms with Gasteiger partial charge >= 0.3 is 0 Å². The van der Waals surface area contributed by atoms with E-state index in [9.17, 15) is 4.79 Å². The second kappa shape index (κ2) is 9.97. The number of benzene rings is 2. The van der Waals surface area contributed by atoms with E-state index in [2.05, 4.69) is 27.2 Å². The summed E-state index contributed by atoms with van der Waals surface area (Å²) >= 11 is 7.88. The van der Waals surface area contributed by atoms with Crippen LogP contribution in [0.4, 0.5) is 11.4 Å². The Bertz CT molecular complexity index is 1110. The molecule has 174 valence electrons. The van der Waals surface area contributed by atoms with Gasteiger partial charge in [-0.1, -0.05) is 11.6 Å². The lowest BCUT2D eigenvalue weighted by Gasteiger charge is -2.34. The van der Waals surface area contributed by atoms with Crippen LogP contribution in [-0.4, -0.2) is 61.2 Å². The highest BCUT2D eigenvalue weighted by Gasteiger charge is 2.29. The largest absolute Gasteiger partial charge is 0.378 e. The Balaban J connectivity index is 1.14. The van der Waals surface area contributed by atoms with Crippen molar-refractivity contribution in [3.8, 4) is 0 Å². The number of morpholine rings is 1. The molecule has 0 saturated carbocycles. The lowest BCUT2D eigenvalue weighted by molar-refractivity contribution is -0.121. The van der Waals surface area contributed by atoms with Gasteiger partial charge in [0, 0.05) is 35.4 Å². The number of aromatic nitrogens is 1. The first-order valence-electron chi connectivity index (χ1n) is 11.6. The lowest BCUT2D eigenvalue weighted by Crippen LogP contribution is -2.45. The van der Waals surface area contributed by atoms with E-state index in [1.165, 1.54) is 15.4 Å². The van der Waals surface area contributed by atoms with Gasteiger partial charge in [-0.3, -0.25) is 9.69 Å². The van der Waals surface area contributed by atoms with Gasteiger partial charge in [-0.15, -0.1) is 11.3 Å². The van der Waals surface area contributed by atoms with Crippen LogP contribution >= 0.6 is 22.9 Å². The van der Waals surface area contributed by atoms with Crippen LogP contribution in [0.5, 0.6) is 0 Å². The van der Waals surface area contributed by atoms with E-state index >= 15 is 0 Å². The molecule has 1 atom stereocenters.